The maximum absolute atomic E-state index is 12.0. The van der Waals surface area contributed by atoms with Gasteiger partial charge >= 0.3 is 0 Å². The number of aromatic hydroxyl groups is 1. The van der Waals surface area contributed by atoms with E-state index in [0.717, 1.165) is 5.39 Å². The molecule has 6 heteroatoms. The van der Waals surface area contributed by atoms with Crippen molar-refractivity contribution in [2.45, 2.75) is 0 Å². The Bertz CT molecular complexity index is 798. The summed E-state index contributed by atoms with van der Waals surface area (Å²) in [5.41, 5.74) is 0.560. The van der Waals surface area contributed by atoms with Gasteiger partial charge in [0, 0.05) is 16.6 Å². The molecular weight excluding hydrogens is 280 g/mol. The summed E-state index contributed by atoms with van der Waals surface area (Å²) in [6.07, 6.45) is 1.47. The van der Waals surface area contributed by atoms with E-state index in [1.54, 1.807) is 30.3 Å². The predicted octanol–water partition coefficient (Wildman–Crippen LogP) is 3.44. The summed E-state index contributed by atoms with van der Waals surface area (Å²) in [6, 6.07) is 9.65. The second-order valence-corrected chi connectivity index (χ2v) is 4.55. The number of aromatic nitrogens is 1. The molecule has 5 nitrogen and oxygen atoms in total. The monoisotopic (exact) mass is 288 g/mol. The second kappa shape index (κ2) is 4.86. The molecule has 2 aromatic heterocycles. The van der Waals surface area contributed by atoms with Gasteiger partial charge in [-0.05, 0) is 36.4 Å². The molecule has 3 rings (SSSR count). The van der Waals surface area contributed by atoms with Crippen molar-refractivity contribution in [1.82, 2.24) is 4.98 Å². The zero-order valence-corrected chi connectivity index (χ0v) is 10.9. The number of nitrogens with zero attached hydrogens (tertiary/aromatic N) is 1. The lowest BCUT2D eigenvalue weighted by molar-refractivity contribution is 0.0998. The van der Waals surface area contributed by atoms with Gasteiger partial charge < -0.3 is 14.8 Å². The van der Waals surface area contributed by atoms with Crippen LogP contribution in [-0.2, 0) is 0 Å². The van der Waals surface area contributed by atoms with E-state index < -0.39 is 5.91 Å². The molecule has 2 heterocycles. The van der Waals surface area contributed by atoms with Crippen molar-refractivity contribution in [2.75, 3.05) is 5.32 Å². The van der Waals surface area contributed by atoms with E-state index >= 15 is 0 Å². The third-order valence-corrected chi connectivity index (χ3v) is 2.96. The molecule has 0 radical (unpaired) electrons. The Morgan fingerprint density at radius 1 is 1.30 bits per heavy atom. The summed E-state index contributed by atoms with van der Waals surface area (Å²) >= 11 is 5.87. The van der Waals surface area contributed by atoms with Crippen molar-refractivity contribution in [1.29, 1.82) is 0 Å². The molecule has 3 aromatic rings. The van der Waals surface area contributed by atoms with Gasteiger partial charge in [-0.25, -0.2) is 4.98 Å². The molecule has 100 valence electrons. The maximum Gasteiger partial charge on any atom is 0.292 e. The van der Waals surface area contributed by atoms with E-state index in [1.807, 2.05) is 0 Å². The lowest BCUT2D eigenvalue weighted by Gasteiger charge is -2.03. The fraction of sp³-hybridized carbons (Fsp3) is 0. The Kier molecular flexibility index (Phi) is 3.04. The number of nitrogens with one attached hydrogen (secondary N) is 1. The summed E-state index contributed by atoms with van der Waals surface area (Å²) < 4.78 is 5.42. The van der Waals surface area contributed by atoms with Crippen LogP contribution in [0.4, 0.5) is 5.82 Å². The van der Waals surface area contributed by atoms with Gasteiger partial charge in [-0.15, -0.1) is 0 Å². The van der Waals surface area contributed by atoms with Crippen molar-refractivity contribution < 1.29 is 14.3 Å². The number of carbonyl (C=O) groups excluding carboxylic acids is 1. The van der Waals surface area contributed by atoms with Crippen molar-refractivity contribution in [3.8, 4) is 5.75 Å². The number of anilines is 1. The standard InChI is InChI=1S/C14H9ClN2O3/c15-9-3-4-11-8(6-9)7-12(20-11)14(19)17-13-10(18)2-1-5-16-13/h1-7,18H,(H,16,17,19). The van der Waals surface area contributed by atoms with Crippen LogP contribution in [-0.4, -0.2) is 16.0 Å². The van der Waals surface area contributed by atoms with Crippen molar-refractivity contribution >= 4 is 34.3 Å². The maximum atomic E-state index is 12.0. The lowest BCUT2D eigenvalue weighted by atomic mass is 10.2. The summed E-state index contributed by atoms with van der Waals surface area (Å²) in [5.74, 6) is -0.408. The fourth-order valence-electron chi connectivity index (χ4n) is 1.79. The van der Waals surface area contributed by atoms with Gasteiger partial charge in [-0.3, -0.25) is 4.79 Å². The number of benzene rings is 1. The van der Waals surface area contributed by atoms with Crippen LogP contribution in [0.2, 0.25) is 5.02 Å². The molecule has 2 N–H and O–H groups in total. The fourth-order valence-corrected chi connectivity index (χ4v) is 1.97. The van der Waals surface area contributed by atoms with E-state index in [2.05, 4.69) is 10.3 Å². The number of carbonyl (C=O) groups is 1. The van der Waals surface area contributed by atoms with Crippen molar-refractivity contribution in [2.24, 2.45) is 0 Å². The summed E-state index contributed by atoms with van der Waals surface area (Å²) in [7, 11) is 0. The number of furan rings is 1. The molecule has 0 atom stereocenters. The van der Waals surface area contributed by atoms with Crippen LogP contribution >= 0.6 is 11.6 Å². The van der Waals surface area contributed by atoms with Crippen LogP contribution < -0.4 is 5.32 Å². The van der Waals surface area contributed by atoms with Gasteiger partial charge in [0.1, 0.15) is 5.58 Å². The smallest absolute Gasteiger partial charge is 0.292 e. The number of fused-ring (bicyclic) bond motifs is 1. The first-order chi connectivity index (χ1) is 9.63. The zero-order chi connectivity index (χ0) is 14.1. The number of rotatable bonds is 2. The topological polar surface area (TPSA) is 75.4 Å². The van der Waals surface area contributed by atoms with E-state index in [0.29, 0.717) is 10.6 Å². The van der Waals surface area contributed by atoms with E-state index in [1.165, 1.54) is 12.3 Å². The lowest BCUT2D eigenvalue weighted by Crippen LogP contribution is -2.11. The Morgan fingerprint density at radius 3 is 2.95 bits per heavy atom. The van der Waals surface area contributed by atoms with Crippen LogP contribution in [0.5, 0.6) is 5.75 Å². The quantitative estimate of drug-likeness (QED) is 0.757. The van der Waals surface area contributed by atoms with Gasteiger partial charge in [0.05, 0.1) is 0 Å². The predicted molar refractivity (Wildman–Crippen MR) is 75.1 cm³/mol. The minimum absolute atomic E-state index is 0.0796. The van der Waals surface area contributed by atoms with Crippen LogP contribution in [0.1, 0.15) is 10.6 Å². The Labute approximate surface area is 118 Å². The molecule has 0 unspecified atom stereocenters. The van der Waals surface area contributed by atoms with Gasteiger partial charge in [0.2, 0.25) is 0 Å². The zero-order valence-electron chi connectivity index (χ0n) is 10.1. The van der Waals surface area contributed by atoms with Gasteiger partial charge in [-0.2, -0.15) is 0 Å². The molecule has 1 amide bonds. The molecule has 0 bridgehead atoms. The molecule has 0 saturated heterocycles. The van der Waals surface area contributed by atoms with Gasteiger partial charge in [0.15, 0.2) is 17.3 Å². The molecule has 0 spiro atoms. The highest BCUT2D eigenvalue weighted by Gasteiger charge is 2.14. The Morgan fingerprint density at radius 2 is 2.15 bits per heavy atom. The number of hydrogen-bond donors (Lipinski definition) is 2. The SMILES string of the molecule is O=C(Nc1ncccc1O)c1cc2cc(Cl)ccc2o1. The minimum atomic E-state index is -0.494. The first-order valence-electron chi connectivity index (χ1n) is 5.78. The average molecular weight is 289 g/mol. The minimum Gasteiger partial charge on any atom is -0.504 e. The van der Waals surface area contributed by atoms with Crippen LogP contribution in [0.25, 0.3) is 11.0 Å². The summed E-state index contributed by atoms with van der Waals surface area (Å²) in [6.45, 7) is 0. The highest BCUT2D eigenvalue weighted by Crippen LogP contribution is 2.24. The second-order valence-electron chi connectivity index (χ2n) is 4.12. The van der Waals surface area contributed by atoms with Crippen LogP contribution in [0.3, 0.4) is 0 Å². The Balaban J connectivity index is 1.91. The number of halogens is 1. The molecule has 1 aromatic carbocycles. The third-order valence-electron chi connectivity index (χ3n) is 2.72. The van der Waals surface area contributed by atoms with Crippen LogP contribution in [0.15, 0.2) is 47.0 Å². The summed E-state index contributed by atoms with van der Waals surface area (Å²) in [4.78, 5) is 15.9. The van der Waals surface area contributed by atoms with Gasteiger partial charge in [0.25, 0.3) is 5.91 Å². The first-order valence-corrected chi connectivity index (χ1v) is 6.16. The number of amides is 1. The highest BCUT2D eigenvalue weighted by molar-refractivity contribution is 6.31. The number of pyridine rings is 1. The molecular formula is C14H9ClN2O3. The normalized spacial score (nSPS) is 10.7. The van der Waals surface area contributed by atoms with Crippen molar-refractivity contribution in [3.05, 3.63) is 53.4 Å². The molecule has 0 saturated carbocycles. The third kappa shape index (κ3) is 2.31. The highest BCUT2D eigenvalue weighted by atomic mass is 35.5. The molecule has 20 heavy (non-hydrogen) atoms. The molecule has 0 aliphatic rings. The van der Waals surface area contributed by atoms with E-state index in [4.69, 9.17) is 16.0 Å². The molecule has 0 aliphatic heterocycles. The largest absolute Gasteiger partial charge is 0.504 e. The van der Waals surface area contributed by atoms with Gasteiger partial charge in [-0.1, -0.05) is 11.6 Å². The molecule has 0 fully saturated rings. The summed E-state index contributed by atoms with van der Waals surface area (Å²) in [5, 5.41) is 13.3. The first kappa shape index (κ1) is 12.5. The van der Waals surface area contributed by atoms with Crippen molar-refractivity contribution in [3.63, 3.8) is 0 Å². The van der Waals surface area contributed by atoms with Crippen LogP contribution in [0, 0.1) is 0 Å². The Hall–Kier alpha value is -2.53. The van der Waals surface area contributed by atoms with E-state index in [9.17, 15) is 9.90 Å². The number of hydrogen-bond acceptors (Lipinski definition) is 4. The molecule has 0 aliphatic carbocycles. The average Bonchev–Trinajstić information content (AvgIpc) is 2.84. The van der Waals surface area contributed by atoms with E-state index in [-0.39, 0.29) is 17.3 Å².